The topological polar surface area (TPSA) is 91.9 Å². The van der Waals surface area contributed by atoms with Crippen molar-refractivity contribution in [2.24, 2.45) is 5.92 Å². The zero-order valence-electron chi connectivity index (χ0n) is 17.8. The first kappa shape index (κ1) is 21.0. The van der Waals surface area contributed by atoms with Gasteiger partial charge in [0.2, 0.25) is 5.91 Å². The molecule has 170 valence electrons. The molecule has 1 N–H and O–H groups in total. The average molecular weight is 450 g/mol. The summed E-state index contributed by atoms with van der Waals surface area (Å²) in [6.45, 7) is 1.88. The van der Waals surface area contributed by atoms with Crippen molar-refractivity contribution in [2.45, 2.75) is 19.0 Å². The summed E-state index contributed by atoms with van der Waals surface area (Å²) in [4.78, 5) is 28.3. The molecule has 0 aliphatic carbocycles. The largest absolute Gasteiger partial charge is 0.467 e. The van der Waals surface area contributed by atoms with Crippen LogP contribution in [0.3, 0.4) is 0 Å². The number of hydrogen-bond donors (Lipinski definition) is 1. The van der Waals surface area contributed by atoms with Crippen LogP contribution in [-0.4, -0.2) is 36.5 Å². The van der Waals surface area contributed by atoms with Gasteiger partial charge in [0.25, 0.3) is 5.69 Å². The predicted molar refractivity (Wildman–Crippen MR) is 121 cm³/mol. The van der Waals surface area contributed by atoms with Gasteiger partial charge in [-0.05, 0) is 42.3 Å². The van der Waals surface area contributed by atoms with Gasteiger partial charge < -0.3 is 19.5 Å². The minimum absolute atomic E-state index is 0.00642. The van der Waals surface area contributed by atoms with Crippen LogP contribution in [0.4, 0.5) is 21.5 Å². The maximum Gasteiger partial charge on any atom is 0.269 e. The molecule has 2 aliphatic rings. The molecule has 8 nitrogen and oxygen atoms in total. The number of carbonyl (C=O) groups is 1. The van der Waals surface area contributed by atoms with E-state index >= 15 is 0 Å². The number of amides is 1. The summed E-state index contributed by atoms with van der Waals surface area (Å²) in [6.07, 6.45) is 1.92. The van der Waals surface area contributed by atoms with E-state index in [0.29, 0.717) is 37.5 Å². The highest BCUT2D eigenvalue weighted by Crippen LogP contribution is 2.39. The summed E-state index contributed by atoms with van der Waals surface area (Å²) >= 11 is 0. The van der Waals surface area contributed by atoms with Gasteiger partial charge in [-0.3, -0.25) is 14.9 Å². The van der Waals surface area contributed by atoms with Crippen LogP contribution in [0, 0.1) is 21.8 Å². The molecular weight excluding hydrogens is 427 g/mol. The van der Waals surface area contributed by atoms with Crippen LogP contribution in [0.25, 0.3) is 0 Å². The number of hydrogen-bond acceptors (Lipinski definition) is 6. The minimum Gasteiger partial charge on any atom is -0.467 e. The summed E-state index contributed by atoms with van der Waals surface area (Å²) < 4.78 is 19.8. The molecule has 1 aromatic heterocycles. The molecule has 2 unspecified atom stereocenters. The molecule has 1 fully saturated rings. The van der Waals surface area contributed by atoms with Crippen molar-refractivity contribution in [2.75, 3.05) is 29.4 Å². The second kappa shape index (κ2) is 8.57. The lowest BCUT2D eigenvalue weighted by molar-refractivity contribution is -0.384. The second-order valence-corrected chi connectivity index (χ2v) is 8.34. The lowest BCUT2D eigenvalue weighted by atomic mass is 9.83. The van der Waals surface area contributed by atoms with E-state index in [1.807, 2.05) is 4.90 Å². The Kier molecular flexibility index (Phi) is 5.45. The van der Waals surface area contributed by atoms with E-state index in [-0.39, 0.29) is 30.0 Å². The Morgan fingerprint density at radius 2 is 2.00 bits per heavy atom. The van der Waals surface area contributed by atoms with Crippen molar-refractivity contribution in [3.05, 3.63) is 88.1 Å². The van der Waals surface area contributed by atoms with Crippen LogP contribution in [0.2, 0.25) is 0 Å². The molecule has 0 spiro atoms. The minimum atomic E-state index is -0.455. The SMILES string of the molecule is O=C(NCc1ccco1)C1Cc2cc([N+](=O)[O-])ccc2N2CCN(c3ccccc3F)CC12. The van der Waals surface area contributed by atoms with E-state index < -0.39 is 10.8 Å². The lowest BCUT2D eigenvalue weighted by Crippen LogP contribution is -2.61. The highest BCUT2D eigenvalue weighted by Gasteiger charge is 2.42. The number of nitrogens with one attached hydrogen (secondary N) is 1. The quantitative estimate of drug-likeness (QED) is 0.473. The number of fused-ring (bicyclic) bond motifs is 3. The van der Waals surface area contributed by atoms with Crippen LogP contribution in [0.5, 0.6) is 0 Å². The van der Waals surface area contributed by atoms with Crippen molar-refractivity contribution in [1.29, 1.82) is 0 Å². The lowest BCUT2D eigenvalue weighted by Gasteiger charge is -2.49. The van der Waals surface area contributed by atoms with E-state index in [2.05, 4.69) is 10.2 Å². The third-order valence-electron chi connectivity index (χ3n) is 6.45. The van der Waals surface area contributed by atoms with Crippen LogP contribution >= 0.6 is 0 Å². The number of non-ortho nitro benzene ring substituents is 1. The second-order valence-electron chi connectivity index (χ2n) is 8.34. The van der Waals surface area contributed by atoms with Gasteiger partial charge in [-0.25, -0.2) is 4.39 Å². The van der Waals surface area contributed by atoms with E-state index in [9.17, 15) is 19.3 Å². The average Bonchev–Trinajstić information content (AvgIpc) is 3.35. The summed E-state index contributed by atoms with van der Waals surface area (Å²) in [7, 11) is 0. The van der Waals surface area contributed by atoms with Crippen molar-refractivity contribution in [3.63, 3.8) is 0 Å². The molecule has 2 aliphatic heterocycles. The highest BCUT2D eigenvalue weighted by molar-refractivity contribution is 5.82. The molecule has 1 amide bonds. The number of nitro groups is 1. The Bertz CT molecular complexity index is 1180. The number of para-hydroxylation sites is 1. The number of halogens is 1. The molecule has 3 aromatic rings. The van der Waals surface area contributed by atoms with Gasteiger partial charge in [-0.2, -0.15) is 0 Å². The third-order valence-corrected chi connectivity index (χ3v) is 6.45. The molecular formula is C24H23FN4O4. The monoisotopic (exact) mass is 450 g/mol. The zero-order valence-corrected chi connectivity index (χ0v) is 17.8. The van der Waals surface area contributed by atoms with Crippen LogP contribution < -0.4 is 15.1 Å². The van der Waals surface area contributed by atoms with Crippen molar-refractivity contribution < 1.29 is 18.5 Å². The molecule has 3 heterocycles. The van der Waals surface area contributed by atoms with Crippen LogP contribution in [0.15, 0.2) is 65.3 Å². The van der Waals surface area contributed by atoms with Crippen LogP contribution in [0.1, 0.15) is 11.3 Å². The zero-order chi connectivity index (χ0) is 22.9. The number of carbonyl (C=O) groups excluding carboxylic acids is 1. The van der Waals surface area contributed by atoms with Gasteiger partial charge in [0.1, 0.15) is 11.6 Å². The number of nitrogens with zero attached hydrogens (tertiary/aromatic N) is 3. The molecule has 0 saturated carbocycles. The summed E-state index contributed by atoms with van der Waals surface area (Å²) in [5, 5.41) is 14.2. The van der Waals surface area contributed by atoms with Gasteiger partial charge in [0.15, 0.2) is 0 Å². The van der Waals surface area contributed by atoms with Crippen molar-refractivity contribution >= 4 is 23.0 Å². The third kappa shape index (κ3) is 4.02. The van der Waals surface area contributed by atoms with Gasteiger partial charge in [-0.15, -0.1) is 0 Å². The Morgan fingerprint density at radius 1 is 1.15 bits per heavy atom. The summed E-state index contributed by atoms with van der Waals surface area (Å²) in [6, 6.07) is 14.8. The van der Waals surface area contributed by atoms with E-state index in [4.69, 9.17) is 4.42 Å². The Balaban J connectivity index is 1.46. The first-order valence-corrected chi connectivity index (χ1v) is 10.8. The molecule has 1 saturated heterocycles. The molecule has 0 radical (unpaired) electrons. The van der Waals surface area contributed by atoms with Gasteiger partial charge in [0, 0.05) is 37.5 Å². The summed E-state index contributed by atoms with van der Waals surface area (Å²) in [5.74, 6) is -0.265. The molecule has 33 heavy (non-hydrogen) atoms. The molecule has 0 bridgehead atoms. The first-order chi connectivity index (χ1) is 16.0. The normalized spacial score (nSPS) is 19.5. The van der Waals surface area contributed by atoms with Gasteiger partial charge >= 0.3 is 0 Å². The molecule has 2 aromatic carbocycles. The van der Waals surface area contributed by atoms with Crippen molar-refractivity contribution in [1.82, 2.24) is 5.32 Å². The number of furan rings is 1. The number of benzene rings is 2. The summed E-state index contributed by atoms with van der Waals surface area (Å²) in [5.41, 5.74) is 2.19. The fourth-order valence-electron chi connectivity index (χ4n) is 4.87. The van der Waals surface area contributed by atoms with Crippen LogP contribution in [-0.2, 0) is 17.8 Å². The standard InChI is InChI=1S/C24H23FN4O4/c25-20-5-1-2-6-22(20)27-9-10-28-21-8-7-17(29(31)32)12-16(21)13-19(23(28)15-27)24(30)26-14-18-4-3-11-33-18/h1-8,11-12,19,23H,9-10,13-15H2,(H,26,30). The smallest absolute Gasteiger partial charge is 0.269 e. The fraction of sp³-hybridized carbons (Fsp3) is 0.292. The van der Waals surface area contributed by atoms with E-state index in [1.54, 1.807) is 48.7 Å². The first-order valence-electron chi connectivity index (χ1n) is 10.8. The highest BCUT2D eigenvalue weighted by atomic mass is 19.1. The van der Waals surface area contributed by atoms with E-state index in [1.165, 1.54) is 12.1 Å². The number of rotatable bonds is 5. The van der Waals surface area contributed by atoms with Gasteiger partial charge in [-0.1, -0.05) is 12.1 Å². The van der Waals surface area contributed by atoms with E-state index in [0.717, 1.165) is 11.3 Å². The Hall–Kier alpha value is -3.88. The number of anilines is 2. The Labute approximate surface area is 189 Å². The molecule has 2 atom stereocenters. The van der Waals surface area contributed by atoms with Gasteiger partial charge in [0.05, 0.1) is 35.4 Å². The number of nitro benzene ring substituents is 1. The maximum atomic E-state index is 14.5. The van der Waals surface area contributed by atoms with Crippen molar-refractivity contribution in [3.8, 4) is 0 Å². The maximum absolute atomic E-state index is 14.5. The fourth-order valence-corrected chi connectivity index (χ4v) is 4.87. The Morgan fingerprint density at radius 3 is 2.76 bits per heavy atom. The predicted octanol–water partition coefficient (Wildman–Crippen LogP) is 3.51. The molecule has 9 heteroatoms. The number of piperazine rings is 1. The molecule has 5 rings (SSSR count).